The van der Waals surface area contributed by atoms with Crippen LogP contribution < -0.4 is 10.0 Å². The first-order valence-corrected chi connectivity index (χ1v) is 14.7. The van der Waals surface area contributed by atoms with Gasteiger partial charge in [0.25, 0.3) is 5.91 Å². The highest BCUT2D eigenvalue weighted by Gasteiger charge is 2.22. The SMILES string of the molecule is CCCc1nc(CC)c(C(=O)NC)n1Cc1ccc(-c2ccccc2CS(=O)(=O)Nc2noc(C)c2C)cc1. The van der Waals surface area contributed by atoms with Crippen LogP contribution in [-0.2, 0) is 35.2 Å². The summed E-state index contributed by atoms with van der Waals surface area (Å²) in [4.78, 5) is 17.5. The van der Waals surface area contributed by atoms with E-state index in [9.17, 15) is 13.2 Å². The number of sulfonamides is 1. The van der Waals surface area contributed by atoms with Crippen LogP contribution in [0.3, 0.4) is 0 Å². The summed E-state index contributed by atoms with van der Waals surface area (Å²) in [6.07, 6.45) is 2.39. The average Bonchev–Trinajstić information content (AvgIpc) is 3.42. The number of nitrogens with zero attached hydrogens (tertiary/aromatic N) is 3. The zero-order valence-corrected chi connectivity index (χ0v) is 23.9. The van der Waals surface area contributed by atoms with Crippen LogP contribution in [0.15, 0.2) is 53.1 Å². The van der Waals surface area contributed by atoms with Gasteiger partial charge in [0.15, 0.2) is 5.82 Å². The highest BCUT2D eigenvalue weighted by molar-refractivity contribution is 7.91. The van der Waals surface area contributed by atoms with E-state index in [4.69, 9.17) is 9.51 Å². The van der Waals surface area contributed by atoms with Gasteiger partial charge in [-0.15, -0.1) is 0 Å². The van der Waals surface area contributed by atoms with E-state index >= 15 is 0 Å². The van der Waals surface area contributed by atoms with Gasteiger partial charge in [0.2, 0.25) is 10.0 Å². The molecule has 2 heterocycles. The Balaban J connectivity index is 1.60. The first kappa shape index (κ1) is 28.1. The number of hydrogen-bond acceptors (Lipinski definition) is 6. The monoisotopic (exact) mass is 549 g/mol. The third-order valence-corrected chi connectivity index (χ3v) is 7.94. The number of aryl methyl sites for hydroxylation is 3. The molecular weight excluding hydrogens is 514 g/mol. The summed E-state index contributed by atoms with van der Waals surface area (Å²) < 4.78 is 35.6. The summed E-state index contributed by atoms with van der Waals surface area (Å²) in [5.41, 5.74) is 5.49. The van der Waals surface area contributed by atoms with Crippen molar-refractivity contribution in [1.29, 1.82) is 0 Å². The molecule has 0 spiro atoms. The Morgan fingerprint density at radius 3 is 2.38 bits per heavy atom. The van der Waals surface area contributed by atoms with Crippen molar-refractivity contribution in [2.24, 2.45) is 0 Å². The minimum atomic E-state index is -3.72. The van der Waals surface area contributed by atoms with E-state index in [-0.39, 0.29) is 17.5 Å². The van der Waals surface area contributed by atoms with Crippen LogP contribution >= 0.6 is 0 Å². The molecule has 0 fully saturated rings. The lowest BCUT2D eigenvalue weighted by atomic mass is 9.99. The van der Waals surface area contributed by atoms with Gasteiger partial charge in [0, 0.05) is 25.6 Å². The smallest absolute Gasteiger partial charge is 0.269 e. The Labute approximate surface area is 229 Å². The minimum Gasteiger partial charge on any atom is -0.359 e. The topological polar surface area (TPSA) is 119 Å². The third-order valence-electron chi connectivity index (χ3n) is 6.75. The van der Waals surface area contributed by atoms with E-state index in [1.165, 1.54) is 0 Å². The van der Waals surface area contributed by atoms with Gasteiger partial charge in [-0.1, -0.05) is 67.5 Å². The lowest BCUT2D eigenvalue weighted by molar-refractivity contribution is 0.0953. The van der Waals surface area contributed by atoms with Crippen molar-refractivity contribution in [3.63, 3.8) is 0 Å². The van der Waals surface area contributed by atoms with Gasteiger partial charge in [0.1, 0.15) is 17.3 Å². The average molecular weight is 550 g/mol. The second-order valence-electron chi connectivity index (χ2n) is 9.52. The molecule has 2 aromatic heterocycles. The number of carbonyl (C=O) groups is 1. The minimum absolute atomic E-state index is 0.141. The number of anilines is 1. The maximum absolute atomic E-state index is 13.0. The molecule has 39 heavy (non-hydrogen) atoms. The van der Waals surface area contributed by atoms with E-state index < -0.39 is 10.0 Å². The van der Waals surface area contributed by atoms with Crippen molar-refractivity contribution in [2.75, 3.05) is 11.8 Å². The predicted molar refractivity (Wildman–Crippen MR) is 152 cm³/mol. The van der Waals surface area contributed by atoms with E-state index in [0.717, 1.165) is 41.1 Å². The maximum atomic E-state index is 13.0. The fraction of sp³-hybridized carbons (Fsp3) is 0.345. The molecular formula is C29H35N5O4S. The number of nitrogens with one attached hydrogen (secondary N) is 2. The molecule has 4 aromatic rings. The van der Waals surface area contributed by atoms with Gasteiger partial charge in [-0.05, 0) is 48.9 Å². The number of carbonyl (C=O) groups excluding carboxylic acids is 1. The van der Waals surface area contributed by atoms with E-state index in [2.05, 4.69) is 22.1 Å². The Morgan fingerprint density at radius 1 is 1.05 bits per heavy atom. The molecule has 0 saturated heterocycles. The van der Waals surface area contributed by atoms with Crippen LogP contribution in [0.5, 0.6) is 0 Å². The van der Waals surface area contributed by atoms with Crippen LogP contribution in [0.1, 0.15) is 64.7 Å². The molecule has 2 N–H and O–H groups in total. The fourth-order valence-corrected chi connectivity index (χ4v) is 5.78. The van der Waals surface area contributed by atoms with Gasteiger partial charge in [-0.3, -0.25) is 9.52 Å². The summed E-state index contributed by atoms with van der Waals surface area (Å²) in [6, 6.07) is 15.4. The van der Waals surface area contributed by atoms with Gasteiger partial charge < -0.3 is 14.4 Å². The Kier molecular flexibility index (Phi) is 8.54. The van der Waals surface area contributed by atoms with Crippen molar-refractivity contribution in [2.45, 2.75) is 59.3 Å². The lowest BCUT2D eigenvalue weighted by Gasteiger charge is -2.14. The number of benzene rings is 2. The van der Waals surface area contributed by atoms with Gasteiger partial charge in [0.05, 0.1) is 11.4 Å². The molecule has 1 amide bonds. The molecule has 9 nitrogen and oxygen atoms in total. The molecule has 2 aromatic carbocycles. The zero-order valence-electron chi connectivity index (χ0n) is 23.0. The number of rotatable bonds is 11. The summed E-state index contributed by atoms with van der Waals surface area (Å²) in [6.45, 7) is 8.11. The maximum Gasteiger partial charge on any atom is 0.269 e. The molecule has 0 unspecified atom stereocenters. The largest absolute Gasteiger partial charge is 0.359 e. The third kappa shape index (κ3) is 6.22. The van der Waals surface area contributed by atoms with E-state index in [0.29, 0.717) is 35.5 Å². The number of amides is 1. The second kappa shape index (κ2) is 11.9. The Bertz CT molecular complexity index is 1570. The van der Waals surface area contributed by atoms with Crippen molar-refractivity contribution in [3.8, 4) is 11.1 Å². The van der Waals surface area contributed by atoms with Crippen LogP contribution in [0.25, 0.3) is 11.1 Å². The number of aromatic nitrogens is 3. The van der Waals surface area contributed by atoms with Crippen molar-refractivity contribution < 1.29 is 17.7 Å². The molecule has 0 atom stereocenters. The quantitative estimate of drug-likeness (QED) is 0.271. The summed E-state index contributed by atoms with van der Waals surface area (Å²) in [5, 5.41) is 6.57. The molecule has 206 valence electrons. The Morgan fingerprint density at radius 2 is 1.77 bits per heavy atom. The van der Waals surface area contributed by atoms with E-state index in [1.807, 2.05) is 60.0 Å². The molecule has 0 aliphatic carbocycles. The van der Waals surface area contributed by atoms with Gasteiger partial charge in [-0.25, -0.2) is 13.4 Å². The first-order valence-electron chi connectivity index (χ1n) is 13.1. The van der Waals surface area contributed by atoms with Crippen LogP contribution in [0.2, 0.25) is 0 Å². The van der Waals surface area contributed by atoms with E-state index in [1.54, 1.807) is 20.9 Å². The summed E-state index contributed by atoms with van der Waals surface area (Å²) >= 11 is 0. The number of imidazole rings is 1. The standard InChI is InChI=1S/C29H35N5O4S/c1-6-10-26-31-25(7-2)27(29(35)30-5)34(26)17-21-13-15-22(16-14-21)24-12-9-8-11-23(24)18-39(36,37)33-28-19(3)20(4)38-32-28/h8-9,11-16H,6-7,10,17-18H2,1-5H3,(H,30,35)(H,32,33). The predicted octanol–water partition coefficient (Wildman–Crippen LogP) is 5.02. The van der Waals surface area contributed by atoms with Crippen LogP contribution in [0.4, 0.5) is 5.82 Å². The highest BCUT2D eigenvalue weighted by atomic mass is 32.2. The van der Waals surface area contributed by atoms with Crippen molar-refractivity contribution >= 4 is 21.7 Å². The van der Waals surface area contributed by atoms with Crippen molar-refractivity contribution in [3.05, 3.63) is 88.2 Å². The van der Waals surface area contributed by atoms with Gasteiger partial charge >= 0.3 is 0 Å². The van der Waals surface area contributed by atoms with Crippen LogP contribution in [-0.4, -0.2) is 36.1 Å². The fourth-order valence-electron chi connectivity index (χ4n) is 4.56. The molecule has 0 bridgehead atoms. The lowest BCUT2D eigenvalue weighted by Crippen LogP contribution is -2.24. The van der Waals surface area contributed by atoms with Crippen molar-refractivity contribution in [1.82, 2.24) is 20.0 Å². The Hall–Kier alpha value is -3.92. The molecule has 0 aliphatic heterocycles. The zero-order chi connectivity index (χ0) is 28.2. The molecule has 4 rings (SSSR count). The van der Waals surface area contributed by atoms with Crippen LogP contribution in [0, 0.1) is 13.8 Å². The summed E-state index contributed by atoms with van der Waals surface area (Å²) in [5.74, 6) is 1.33. The highest BCUT2D eigenvalue weighted by Crippen LogP contribution is 2.27. The molecule has 10 heteroatoms. The second-order valence-corrected chi connectivity index (χ2v) is 11.2. The molecule has 0 saturated carbocycles. The first-order chi connectivity index (χ1) is 18.7. The normalized spacial score (nSPS) is 11.5. The molecule has 0 aliphatic rings. The summed E-state index contributed by atoms with van der Waals surface area (Å²) in [7, 11) is -2.09. The number of hydrogen-bond donors (Lipinski definition) is 2. The van der Waals surface area contributed by atoms with Gasteiger partial charge in [-0.2, -0.15) is 0 Å². The molecule has 0 radical (unpaired) electrons.